The number of sulfonamides is 1. The van der Waals surface area contributed by atoms with Gasteiger partial charge in [0.15, 0.2) is 0 Å². The van der Waals surface area contributed by atoms with Crippen LogP contribution in [0, 0.1) is 6.92 Å². The van der Waals surface area contributed by atoms with Crippen LogP contribution in [0.4, 0.5) is 11.4 Å². The molecule has 0 aliphatic heterocycles. The van der Waals surface area contributed by atoms with Gasteiger partial charge in [-0.05, 0) is 30.7 Å². The minimum absolute atomic E-state index is 0.0218. The molecule has 2 rings (SSSR count). The number of pyridine rings is 1. The zero-order chi connectivity index (χ0) is 19.2. The summed E-state index contributed by atoms with van der Waals surface area (Å²) in [4.78, 5) is 3.75. The van der Waals surface area contributed by atoms with Crippen molar-refractivity contribution >= 4 is 21.4 Å². The summed E-state index contributed by atoms with van der Waals surface area (Å²) in [5.41, 5.74) is 2.29. The van der Waals surface area contributed by atoms with Crippen molar-refractivity contribution in [2.24, 2.45) is 5.14 Å². The monoisotopic (exact) mass is 353 g/mol. The van der Waals surface area contributed by atoms with Gasteiger partial charge in [-0.15, -0.1) is 0 Å². The first-order chi connectivity index (χ1) is 11.5. The second-order valence-electron chi connectivity index (χ2n) is 3.91. The standard InChI is InChI=1S/C12H13N3O2S.3C2H6/c1-9-3-2-4-10(7-9)15-11-5-6-14-8-12(11)18(13,16)17;3*1-2/h2-8H,1H3,(H,14,15)(H2,13,16,17);3*1-2H3. The second-order valence-corrected chi connectivity index (χ2v) is 5.44. The van der Waals surface area contributed by atoms with Crippen molar-refractivity contribution in [3.8, 4) is 0 Å². The molecule has 24 heavy (non-hydrogen) atoms. The van der Waals surface area contributed by atoms with Crippen LogP contribution < -0.4 is 10.5 Å². The van der Waals surface area contributed by atoms with Gasteiger partial charge >= 0.3 is 0 Å². The lowest BCUT2D eigenvalue weighted by Gasteiger charge is -2.10. The van der Waals surface area contributed by atoms with Crippen LogP contribution in [-0.4, -0.2) is 13.4 Å². The molecule has 6 heteroatoms. The largest absolute Gasteiger partial charge is 0.354 e. The number of benzene rings is 1. The minimum Gasteiger partial charge on any atom is -0.354 e. The van der Waals surface area contributed by atoms with E-state index in [1.807, 2.05) is 72.7 Å². The molecule has 0 unspecified atom stereocenters. The van der Waals surface area contributed by atoms with Crippen molar-refractivity contribution in [3.63, 3.8) is 0 Å². The predicted octanol–water partition coefficient (Wildman–Crippen LogP) is 4.86. The van der Waals surface area contributed by atoms with Crippen molar-refractivity contribution in [3.05, 3.63) is 48.3 Å². The number of aromatic nitrogens is 1. The Morgan fingerprint density at radius 2 is 1.58 bits per heavy atom. The van der Waals surface area contributed by atoms with Gasteiger partial charge in [-0.25, -0.2) is 13.6 Å². The Morgan fingerprint density at radius 3 is 2.08 bits per heavy atom. The molecular weight excluding hydrogens is 322 g/mol. The number of anilines is 2. The SMILES string of the molecule is CC.CC.CC.Cc1cccc(Nc2ccncc2S(N)(=O)=O)c1. The molecule has 0 spiro atoms. The quantitative estimate of drug-likeness (QED) is 0.825. The molecule has 0 saturated carbocycles. The van der Waals surface area contributed by atoms with Gasteiger partial charge < -0.3 is 5.32 Å². The summed E-state index contributed by atoms with van der Waals surface area (Å²) in [5.74, 6) is 0. The summed E-state index contributed by atoms with van der Waals surface area (Å²) in [5, 5.41) is 8.15. The van der Waals surface area contributed by atoms with E-state index in [0.717, 1.165) is 11.3 Å². The van der Waals surface area contributed by atoms with E-state index in [4.69, 9.17) is 5.14 Å². The summed E-state index contributed by atoms with van der Waals surface area (Å²) in [7, 11) is -3.79. The van der Waals surface area contributed by atoms with Gasteiger partial charge in [0, 0.05) is 18.1 Å². The maximum atomic E-state index is 11.4. The maximum Gasteiger partial charge on any atom is 0.241 e. The number of hydrogen-bond acceptors (Lipinski definition) is 4. The van der Waals surface area contributed by atoms with E-state index in [1.54, 1.807) is 6.07 Å². The van der Waals surface area contributed by atoms with Crippen molar-refractivity contribution in [2.45, 2.75) is 53.4 Å². The van der Waals surface area contributed by atoms with Crippen LogP contribution in [0.2, 0.25) is 0 Å². The van der Waals surface area contributed by atoms with Gasteiger partial charge in [0.05, 0.1) is 5.69 Å². The molecule has 5 nitrogen and oxygen atoms in total. The first-order valence-corrected chi connectivity index (χ1v) is 9.82. The molecule has 0 bridgehead atoms. The van der Waals surface area contributed by atoms with Gasteiger partial charge in [0.25, 0.3) is 0 Å². The zero-order valence-electron chi connectivity index (χ0n) is 15.8. The smallest absolute Gasteiger partial charge is 0.241 e. The number of primary sulfonamides is 1. The Kier molecular flexibility index (Phi) is 13.7. The lowest BCUT2D eigenvalue weighted by molar-refractivity contribution is 0.598. The maximum absolute atomic E-state index is 11.4. The average molecular weight is 354 g/mol. The number of rotatable bonds is 3. The van der Waals surface area contributed by atoms with Gasteiger partial charge in [-0.3, -0.25) is 4.98 Å². The summed E-state index contributed by atoms with van der Waals surface area (Å²) in [6.45, 7) is 14.0. The molecule has 0 saturated heterocycles. The van der Waals surface area contributed by atoms with E-state index in [0.29, 0.717) is 5.69 Å². The van der Waals surface area contributed by atoms with E-state index >= 15 is 0 Å². The topological polar surface area (TPSA) is 85.1 Å². The van der Waals surface area contributed by atoms with Crippen LogP contribution in [0.25, 0.3) is 0 Å². The van der Waals surface area contributed by atoms with E-state index < -0.39 is 10.0 Å². The number of nitrogens with two attached hydrogens (primary N) is 1. The van der Waals surface area contributed by atoms with Crippen LogP contribution in [0.15, 0.2) is 47.6 Å². The summed E-state index contributed by atoms with van der Waals surface area (Å²) < 4.78 is 22.8. The molecule has 3 N–H and O–H groups in total. The molecule has 136 valence electrons. The third-order valence-electron chi connectivity index (χ3n) is 2.39. The van der Waals surface area contributed by atoms with Crippen molar-refractivity contribution < 1.29 is 8.42 Å². The molecule has 1 heterocycles. The third-order valence-corrected chi connectivity index (χ3v) is 3.33. The Bertz CT molecular complexity index is 671. The van der Waals surface area contributed by atoms with Gasteiger partial charge in [0.2, 0.25) is 10.0 Å². The third kappa shape index (κ3) is 8.64. The molecule has 0 atom stereocenters. The van der Waals surface area contributed by atoms with Crippen LogP contribution in [0.5, 0.6) is 0 Å². The number of aryl methyl sites for hydroxylation is 1. The normalized spacial score (nSPS) is 9.17. The molecule has 0 radical (unpaired) electrons. The second kappa shape index (κ2) is 13.5. The molecule has 0 aliphatic rings. The van der Waals surface area contributed by atoms with E-state index in [9.17, 15) is 8.42 Å². The molecule has 0 aliphatic carbocycles. The molecule has 1 aromatic carbocycles. The summed E-state index contributed by atoms with van der Waals surface area (Å²) in [6.07, 6.45) is 2.74. The molecule has 2 aromatic rings. The first-order valence-electron chi connectivity index (χ1n) is 8.27. The Morgan fingerprint density at radius 1 is 1.00 bits per heavy atom. The highest BCUT2D eigenvalue weighted by atomic mass is 32.2. The first kappa shape index (κ1) is 24.3. The molecule has 0 amide bonds. The summed E-state index contributed by atoms with van der Waals surface area (Å²) >= 11 is 0. The highest BCUT2D eigenvalue weighted by Gasteiger charge is 2.13. The van der Waals surface area contributed by atoms with Gasteiger partial charge in [0.1, 0.15) is 4.90 Å². The number of nitrogens with zero attached hydrogens (tertiary/aromatic N) is 1. The lowest BCUT2D eigenvalue weighted by atomic mass is 10.2. The Labute approximate surface area is 147 Å². The number of nitrogens with one attached hydrogen (secondary N) is 1. The number of hydrogen-bond donors (Lipinski definition) is 2. The van der Waals surface area contributed by atoms with Gasteiger partial charge in [-0.1, -0.05) is 53.7 Å². The van der Waals surface area contributed by atoms with E-state index in [1.165, 1.54) is 12.4 Å². The molecular formula is C18H31N3O2S. The van der Waals surface area contributed by atoms with Crippen molar-refractivity contribution in [1.29, 1.82) is 0 Å². The van der Waals surface area contributed by atoms with E-state index in [-0.39, 0.29) is 4.90 Å². The lowest BCUT2D eigenvalue weighted by Crippen LogP contribution is -2.14. The fourth-order valence-corrected chi connectivity index (χ4v) is 2.22. The van der Waals surface area contributed by atoms with Crippen LogP contribution in [0.3, 0.4) is 0 Å². The molecule has 0 fully saturated rings. The highest BCUT2D eigenvalue weighted by Crippen LogP contribution is 2.23. The van der Waals surface area contributed by atoms with Crippen LogP contribution >= 0.6 is 0 Å². The van der Waals surface area contributed by atoms with E-state index in [2.05, 4.69) is 10.3 Å². The highest BCUT2D eigenvalue weighted by molar-refractivity contribution is 7.89. The zero-order valence-corrected chi connectivity index (χ0v) is 16.6. The average Bonchev–Trinajstić information content (AvgIpc) is 2.60. The van der Waals surface area contributed by atoms with Crippen molar-refractivity contribution in [2.75, 3.05) is 5.32 Å². The minimum atomic E-state index is -3.79. The fraction of sp³-hybridized carbons (Fsp3) is 0.389. The molecule has 1 aromatic heterocycles. The fourth-order valence-electron chi connectivity index (χ4n) is 1.59. The van der Waals surface area contributed by atoms with Crippen LogP contribution in [0.1, 0.15) is 47.1 Å². The Hall–Kier alpha value is -1.92. The van der Waals surface area contributed by atoms with Gasteiger partial charge in [-0.2, -0.15) is 0 Å². The Balaban J connectivity index is 0. The van der Waals surface area contributed by atoms with Crippen molar-refractivity contribution in [1.82, 2.24) is 4.98 Å². The van der Waals surface area contributed by atoms with Crippen LogP contribution in [-0.2, 0) is 10.0 Å². The predicted molar refractivity (Wildman–Crippen MR) is 104 cm³/mol. The summed E-state index contributed by atoms with van der Waals surface area (Å²) in [6, 6.07) is 9.17.